The Morgan fingerprint density at radius 2 is 1.77 bits per heavy atom. The first-order valence-electron chi connectivity index (χ1n) is 16.5. The molecular formula is C35H52N4O5. The Hall–Kier alpha value is -2.88. The van der Waals surface area contributed by atoms with Crippen LogP contribution in [-0.2, 0) is 16.0 Å². The summed E-state index contributed by atoms with van der Waals surface area (Å²) in [6, 6.07) is 6.21. The van der Waals surface area contributed by atoms with Crippen molar-refractivity contribution in [2.24, 2.45) is 5.92 Å². The highest BCUT2D eigenvalue weighted by Crippen LogP contribution is 2.43. The average Bonchev–Trinajstić information content (AvgIpc) is 2.90. The van der Waals surface area contributed by atoms with Crippen LogP contribution in [0.15, 0.2) is 23.0 Å². The second-order valence-electron chi connectivity index (χ2n) is 13.7. The van der Waals surface area contributed by atoms with Gasteiger partial charge < -0.3 is 34.7 Å². The van der Waals surface area contributed by atoms with Crippen LogP contribution in [0.4, 0.5) is 5.69 Å². The highest BCUT2D eigenvalue weighted by Gasteiger charge is 2.47. The fraction of sp³-hybridized carbons (Fsp3) is 0.657. The van der Waals surface area contributed by atoms with Gasteiger partial charge in [0.1, 0.15) is 5.75 Å². The van der Waals surface area contributed by atoms with Crippen LogP contribution < -0.4 is 25.8 Å². The lowest BCUT2D eigenvalue weighted by molar-refractivity contribution is -0.163. The van der Waals surface area contributed by atoms with E-state index in [4.69, 9.17) is 14.2 Å². The van der Waals surface area contributed by atoms with E-state index in [2.05, 4.69) is 61.2 Å². The summed E-state index contributed by atoms with van der Waals surface area (Å²) in [5, 5.41) is 6.54. The minimum absolute atomic E-state index is 0.0658. The number of H-pyrrole nitrogens is 1. The predicted molar refractivity (Wildman–Crippen MR) is 174 cm³/mol. The standard InChI is InChI=1S/C35H52N4O5/c1-9-39(27-11-22(4)42-23(5)12-27)32-16-29(43-28-13-26(14-28)35(8)19-36-17-24(6)44-35)15-30(25(32)7)33(40)37-18-31-20(2)10-21(3)38-34(31)41/h10,15-16,22-24,26-28,36H,9,11-14,17-19H2,1-8H3,(H,37,40)(H,38,41)/t22-,23+,24-,26?,27?,28?,35-/m1/s1. The number of rotatable bonds is 9. The number of ether oxygens (including phenoxy) is 3. The number of hydrogen-bond acceptors (Lipinski definition) is 7. The van der Waals surface area contributed by atoms with Crippen LogP contribution in [0.2, 0.25) is 0 Å². The highest BCUT2D eigenvalue weighted by molar-refractivity contribution is 5.97. The van der Waals surface area contributed by atoms with Crippen LogP contribution in [0.3, 0.4) is 0 Å². The minimum Gasteiger partial charge on any atom is -0.490 e. The molecule has 0 spiro atoms. The molecule has 3 N–H and O–H groups in total. The summed E-state index contributed by atoms with van der Waals surface area (Å²) >= 11 is 0. The van der Waals surface area contributed by atoms with Gasteiger partial charge in [0.25, 0.3) is 11.5 Å². The molecule has 3 heterocycles. The zero-order valence-corrected chi connectivity index (χ0v) is 27.8. The van der Waals surface area contributed by atoms with Crippen molar-refractivity contribution in [2.45, 2.75) is 124 Å². The maximum atomic E-state index is 13.8. The van der Waals surface area contributed by atoms with Crippen LogP contribution in [0.1, 0.15) is 93.0 Å². The van der Waals surface area contributed by atoms with Gasteiger partial charge in [0.2, 0.25) is 0 Å². The number of carbonyl (C=O) groups is 1. The van der Waals surface area contributed by atoms with Crippen LogP contribution in [0.25, 0.3) is 0 Å². The molecule has 44 heavy (non-hydrogen) atoms. The zero-order valence-electron chi connectivity index (χ0n) is 27.8. The molecule has 5 rings (SSSR count). The van der Waals surface area contributed by atoms with Gasteiger partial charge in [-0.3, -0.25) is 9.59 Å². The van der Waals surface area contributed by atoms with Gasteiger partial charge in [0, 0.05) is 60.8 Å². The highest BCUT2D eigenvalue weighted by atomic mass is 16.5. The first-order chi connectivity index (χ1) is 20.9. The zero-order chi connectivity index (χ0) is 31.8. The SMILES string of the molecule is CCN(c1cc(OC2CC([C@@]3(C)CNC[C@@H](C)O3)C2)cc(C(=O)NCc2c(C)cc(C)[nH]c2=O)c1C)C1C[C@@H](C)O[C@@H](C)C1. The Bertz CT molecular complexity index is 1390. The van der Waals surface area contributed by atoms with Crippen molar-refractivity contribution >= 4 is 11.6 Å². The van der Waals surface area contributed by atoms with Crippen molar-refractivity contribution in [1.82, 2.24) is 15.6 Å². The van der Waals surface area contributed by atoms with E-state index >= 15 is 0 Å². The molecule has 1 unspecified atom stereocenters. The number of aromatic amines is 1. The van der Waals surface area contributed by atoms with E-state index in [1.807, 2.05) is 32.9 Å². The van der Waals surface area contributed by atoms with E-state index in [0.717, 1.165) is 67.8 Å². The summed E-state index contributed by atoms with van der Waals surface area (Å²) in [5.74, 6) is 0.910. The Balaban J connectivity index is 1.40. The number of anilines is 1. The van der Waals surface area contributed by atoms with Gasteiger partial charge in [-0.05, 0) is 110 Å². The van der Waals surface area contributed by atoms with Crippen molar-refractivity contribution in [1.29, 1.82) is 0 Å². The lowest BCUT2D eigenvalue weighted by Gasteiger charge is -2.50. The van der Waals surface area contributed by atoms with Gasteiger partial charge in [0.05, 0.1) is 30.0 Å². The number of nitrogens with one attached hydrogen (secondary N) is 3. The van der Waals surface area contributed by atoms with Gasteiger partial charge in [-0.15, -0.1) is 0 Å². The molecule has 0 radical (unpaired) electrons. The van der Waals surface area contributed by atoms with Crippen molar-refractivity contribution in [3.8, 4) is 5.75 Å². The van der Waals surface area contributed by atoms with Gasteiger partial charge >= 0.3 is 0 Å². The van der Waals surface area contributed by atoms with E-state index in [0.29, 0.717) is 28.8 Å². The lowest BCUT2D eigenvalue weighted by atomic mass is 9.71. The maximum Gasteiger partial charge on any atom is 0.253 e. The van der Waals surface area contributed by atoms with Crippen LogP contribution in [-0.4, -0.2) is 66.6 Å². The number of aryl methyl sites for hydroxylation is 2. The Morgan fingerprint density at radius 1 is 1.07 bits per heavy atom. The van der Waals surface area contributed by atoms with E-state index in [1.165, 1.54) is 0 Å². The smallest absolute Gasteiger partial charge is 0.253 e. The van der Waals surface area contributed by atoms with E-state index in [9.17, 15) is 9.59 Å². The van der Waals surface area contributed by atoms with Crippen molar-refractivity contribution < 1.29 is 19.0 Å². The second kappa shape index (κ2) is 13.2. The summed E-state index contributed by atoms with van der Waals surface area (Å²) in [4.78, 5) is 31.7. The molecule has 1 aromatic carbocycles. The topological polar surface area (TPSA) is 105 Å². The minimum atomic E-state index is -0.215. The molecule has 242 valence electrons. The van der Waals surface area contributed by atoms with Crippen LogP contribution in [0.5, 0.6) is 5.75 Å². The van der Waals surface area contributed by atoms with E-state index < -0.39 is 0 Å². The molecule has 1 amide bonds. The average molecular weight is 609 g/mol. The third-order valence-corrected chi connectivity index (χ3v) is 9.92. The third-order valence-electron chi connectivity index (χ3n) is 9.92. The number of morpholine rings is 1. The molecule has 5 atom stereocenters. The molecule has 3 fully saturated rings. The number of pyridine rings is 1. The molecule has 9 heteroatoms. The first-order valence-corrected chi connectivity index (χ1v) is 16.5. The molecule has 3 aliphatic rings. The second-order valence-corrected chi connectivity index (χ2v) is 13.7. The van der Waals surface area contributed by atoms with E-state index in [-0.39, 0.29) is 48.0 Å². The number of carbonyl (C=O) groups excluding carboxylic acids is 1. The number of amides is 1. The molecular weight excluding hydrogens is 556 g/mol. The summed E-state index contributed by atoms with van der Waals surface area (Å²) in [5.41, 5.74) is 4.37. The molecule has 1 aromatic heterocycles. The predicted octanol–water partition coefficient (Wildman–Crippen LogP) is 4.94. The monoisotopic (exact) mass is 608 g/mol. The quantitative estimate of drug-likeness (QED) is 0.371. The molecule has 9 nitrogen and oxygen atoms in total. The normalized spacial score (nSPS) is 30.4. The summed E-state index contributed by atoms with van der Waals surface area (Å²) in [6.45, 7) is 19.2. The molecule has 1 saturated carbocycles. The summed E-state index contributed by atoms with van der Waals surface area (Å²) < 4.78 is 19.0. The molecule has 1 aliphatic carbocycles. The Morgan fingerprint density at radius 3 is 2.41 bits per heavy atom. The number of aromatic nitrogens is 1. The van der Waals surface area contributed by atoms with Crippen molar-refractivity contribution in [2.75, 3.05) is 24.5 Å². The molecule has 2 saturated heterocycles. The summed E-state index contributed by atoms with van der Waals surface area (Å²) in [6.07, 6.45) is 4.28. The molecule has 0 bridgehead atoms. The third kappa shape index (κ3) is 7.00. The maximum absolute atomic E-state index is 13.8. The van der Waals surface area contributed by atoms with Gasteiger partial charge in [-0.2, -0.15) is 0 Å². The van der Waals surface area contributed by atoms with Crippen molar-refractivity contribution in [3.05, 3.63) is 56.5 Å². The van der Waals surface area contributed by atoms with Crippen LogP contribution in [0, 0.1) is 26.7 Å². The summed E-state index contributed by atoms with van der Waals surface area (Å²) in [7, 11) is 0. The van der Waals surface area contributed by atoms with Gasteiger partial charge in [-0.25, -0.2) is 0 Å². The first kappa shape index (κ1) is 32.5. The van der Waals surface area contributed by atoms with E-state index in [1.54, 1.807) is 0 Å². The fourth-order valence-corrected chi connectivity index (χ4v) is 7.55. The Kier molecular flexibility index (Phi) is 9.78. The fourth-order valence-electron chi connectivity index (χ4n) is 7.55. The number of nitrogens with zero attached hydrogens (tertiary/aromatic N) is 1. The van der Waals surface area contributed by atoms with Gasteiger partial charge in [-0.1, -0.05) is 0 Å². The number of hydrogen-bond donors (Lipinski definition) is 3. The van der Waals surface area contributed by atoms with Crippen LogP contribution >= 0.6 is 0 Å². The molecule has 2 aromatic rings. The largest absolute Gasteiger partial charge is 0.490 e. The lowest BCUT2D eigenvalue weighted by Crippen LogP contribution is -2.59. The van der Waals surface area contributed by atoms with Crippen molar-refractivity contribution in [3.63, 3.8) is 0 Å². The van der Waals surface area contributed by atoms with Gasteiger partial charge in [0.15, 0.2) is 0 Å². The Labute approximate surface area is 262 Å². The number of benzene rings is 1. The molecule has 2 aliphatic heterocycles.